The predicted molar refractivity (Wildman–Crippen MR) is 92.1 cm³/mol. The maximum Gasteiger partial charge on any atom is 0.228 e. The molecule has 0 saturated carbocycles. The number of pyridine rings is 1. The average Bonchev–Trinajstić information content (AvgIpc) is 3.01. The summed E-state index contributed by atoms with van der Waals surface area (Å²) in [4.78, 5) is 32.2. The molecule has 2 aliphatic heterocycles. The maximum absolute atomic E-state index is 13.0. The summed E-state index contributed by atoms with van der Waals surface area (Å²) in [5.41, 5.74) is 0.617. The first kappa shape index (κ1) is 16.5. The van der Waals surface area contributed by atoms with Gasteiger partial charge in [-0.2, -0.15) is 0 Å². The number of hydrogen-bond acceptors (Lipinski definition) is 4. The summed E-state index contributed by atoms with van der Waals surface area (Å²) in [6.07, 6.45) is 1.77. The highest BCUT2D eigenvalue weighted by Gasteiger charge is 2.41. The number of nitrogens with zero attached hydrogens (tertiary/aromatic N) is 3. The second kappa shape index (κ2) is 6.74. The summed E-state index contributed by atoms with van der Waals surface area (Å²) in [7, 11) is 0. The van der Waals surface area contributed by atoms with Crippen molar-refractivity contribution in [2.24, 2.45) is 5.92 Å². The number of rotatable bonds is 4. The normalized spacial score (nSPS) is 20.2. The molecule has 4 rings (SSSR count). The van der Waals surface area contributed by atoms with Gasteiger partial charge in [0.1, 0.15) is 11.9 Å². The molecule has 2 fully saturated rings. The van der Waals surface area contributed by atoms with Crippen molar-refractivity contribution in [3.05, 3.63) is 54.5 Å². The molecule has 26 heavy (non-hydrogen) atoms. The quantitative estimate of drug-likeness (QED) is 0.840. The fraction of sp³-hybridized carbons (Fsp3) is 0.316. The molecule has 0 bridgehead atoms. The van der Waals surface area contributed by atoms with Crippen molar-refractivity contribution >= 4 is 17.5 Å². The van der Waals surface area contributed by atoms with Gasteiger partial charge < -0.3 is 14.5 Å². The van der Waals surface area contributed by atoms with Gasteiger partial charge >= 0.3 is 0 Å². The number of carbonyl (C=O) groups excluding carboxylic acids is 2. The number of halogens is 1. The SMILES string of the molecule is O=C(C1CC(=O)N(c2ccc(F)cc2)C1)N1CC(Oc2ccccn2)C1. The molecule has 0 spiro atoms. The molecule has 3 heterocycles. The maximum atomic E-state index is 13.0. The molecule has 0 aliphatic carbocycles. The van der Waals surface area contributed by atoms with E-state index in [0.717, 1.165) is 0 Å². The van der Waals surface area contributed by atoms with Gasteiger partial charge in [-0.25, -0.2) is 9.37 Å². The summed E-state index contributed by atoms with van der Waals surface area (Å²) >= 11 is 0. The van der Waals surface area contributed by atoms with Crippen LogP contribution in [0.1, 0.15) is 6.42 Å². The molecule has 0 radical (unpaired) electrons. The van der Waals surface area contributed by atoms with Gasteiger partial charge in [0.15, 0.2) is 0 Å². The van der Waals surface area contributed by atoms with Gasteiger partial charge in [-0.05, 0) is 30.3 Å². The fourth-order valence-electron chi connectivity index (χ4n) is 3.28. The van der Waals surface area contributed by atoms with Crippen LogP contribution in [0.3, 0.4) is 0 Å². The first-order valence-electron chi connectivity index (χ1n) is 8.52. The lowest BCUT2D eigenvalue weighted by Crippen LogP contribution is -2.57. The molecule has 7 heteroatoms. The van der Waals surface area contributed by atoms with Gasteiger partial charge in [0.25, 0.3) is 0 Å². The Hall–Kier alpha value is -2.96. The number of likely N-dealkylation sites (tertiary alicyclic amines) is 1. The van der Waals surface area contributed by atoms with Crippen LogP contribution in [0.4, 0.5) is 10.1 Å². The van der Waals surface area contributed by atoms with Crippen molar-refractivity contribution in [1.29, 1.82) is 0 Å². The van der Waals surface area contributed by atoms with Crippen molar-refractivity contribution in [1.82, 2.24) is 9.88 Å². The highest BCUT2D eigenvalue weighted by molar-refractivity contribution is 6.00. The summed E-state index contributed by atoms with van der Waals surface area (Å²) in [6.45, 7) is 1.32. The lowest BCUT2D eigenvalue weighted by molar-refractivity contribution is -0.144. The lowest BCUT2D eigenvalue weighted by atomic mass is 10.0. The van der Waals surface area contributed by atoms with Crippen LogP contribution in [0.15, 0.2) is 48.7 Å². The van der Waals surface area contributed by atoms with Crippen molar-refractivity contribution < 1.29 is 18.7 Å². The highest BCUT2D eigenvalue weighted by atomic mass is 19.1. The van der Waals surface area contributed by atoms with Gasteiger partial charge in [0, 0.05) is 30.9 Å². The number of aromatic nitrogens is 1. The molecule has 2 amide bonds. The van der Waals surface area contributed by atoms with E-state index in [1.165, 1.54) is 12.1 Å². The Bertz CT molecular complexity index is 807. The number of anilines is 1. The van der Waals surface area contributed by atoms with Gasteiger partial charge in [-0.1, -0.05) is 6.07 Å². The van der Waals surface area contributed by atoms with Crippen molar-refractivity contribution in [3.8, 4) is 5.88 Å². The zero-order valence-corrected chi connectivity index (χ0v) is 14.0. The molecule has 2 aromatic rings. The highest BCUT2D eigenvalue weighted by Crippen LogP contribution is 2.28. The molecule has 1 aromatic carbocycles. The van der Waals surface area contributed by atoms with Crippen molar-refractivity contribution in [2.45, 2.75) is 12.5 Å². The monoisotopic (exact) mass is 355 g/mol. The van der Waals surface area contributed by atoms with Crippen LogP contribution >= 0.6 is 0 Å². The van der Waals surface area contributed by atoms with Gasteiger partial charge in [0.05, 0.1) is 19.0 Å². The van der Waals surface area contributed by atoms with Gasteiger partial charge in [0.2, 0.25) is 17.7 Å². The standard InChI is InChI=1S/C19H18FN3O3/c20-14-4-6-15(7-5-14)23-10-13(9-18(23)24)19(25)22-11-16(12-22)26-17-3-1-2-8-21-17/h1-8,13,16H,9-12H2. The van der Waals surface area contributed by atoms with Crippen LogP contribution in [0.5, 0.6) is 5.88 Å². The number of carbonyl (C=O) groups is 2. The molecule has 2 aliphatic rings. The Morgan fingerprint density at radius 2 is 1.88 bits per heavy atom. The summed E-state index contributed by atoms with van der Waals surface area (Å²) < 4.78 is 18.7. The van der Waals surface area contributed by atoms with Crippen LogP contribution in [-0.2, 0) is 9.59 Å². The van der Waals surface area contributed by atoms with Crippen LogP contribution < -0.4 is 9.64 Å². The first-order valence-corrected chi connectivity index (χ1v) is 8.52. The third-order valence-electron chi connectivity index (χ3n) is 4.70. The molecule has 2 saturated heterocycles. The topological polar surface area (TPSA) is 62.7 Å². The Kier molecular flexibility index (Phi) is 4.28. The molecule has 134 valence electrons. The Labute approximate surface area is 150 Å². The van der Waals surface area contributed by atoms with Gasteiger partial charge in [-0.15, -0.1) is 0 Å². The summed E-state index contributed by atoms with van der Waals surface area (Å²) in [6, 6.07) is 11.2. The Morgan fingerprint density at radius 1 is 1.12 bits per heavy atom. The zero-order chi connectivity index (χ0) is 18.1. The molecular formula is C19H18FN3O3. The smallest absolute Gasteiger partial charge is 0.228 e. The fourth-order valence-corrected chi connectivity index (χ4v) is 3.28. The van der Waals surface area contributed by atoms with E-state index in [9.17, 15) is 14.0 Å². The predicted octanol–water partition coefficient (Wildman–Crippen LogP) is 1.86. The van der Waals surface area contributed by atoms with E-state index in [1.54, 1.807) is 34.2 Å². The Morgan fingerprint density at radius 3 is 2.58 bits per heavy atom. The van der Waals surface area contributed by atoms with E-state index in [-0.39, 0.29) is 36.1 Å². The minimum atomic E-state index is -0.372. The van der Waals surface area contributed by atoms with Crippen LogP contribution in [0, 0.1) is 11.7 Å². The molecule has 1 atom stereocenters. The first-order chi connectivity index (χ1) is 12.6. The largest absolute Gasteiger partial charge is 0.471 e. The molecule has 0 N–H and O–H groups in total. The van der Waals surface area contributed by atoms with E-state index in [1.807, 2.05) is 12.1 Å². The lowest BCUT2D eigenvalue weighted by Gasteiger charge is -2.39. The number of ether oxygens (including phenoxy) is 1. The van der Waals surface area contributed by atoms with E-state index >= 15 is 0 Å². The molecule has 1 aromatic heterocycles. The molecule has 6 nitrogen and oxygen atoms in total. The van der Waals surface area contributed by atoms with E-state index in [2.05, 4.69) is 4.98 Å². The van der Waals surface area contributed by atoms with Crippen LogP contribution in [-0.4, -0.2) is 47.4 Å². The van der Waals surface area contributed by atoms with Gasteiger partial charge in [-0.3, -0.25) is 9.59 Å². The Balaban J connectivity index is 1.32. The molecular weight excluding hydrogens is 337 g/mol. The third-order valence-corrected chi connectivity index (χ3v) is 4.70. The van der Waals surface area contributed by atoms with Crippen LogP contribution in [0.25, 0.3) is 0 Å². The third kappa shape index (κ3) is 3.24. The molecule has 1 unspecified atom stereocenters. The van der Waals surface area contributed by atoms with Crippen LogP contribution in [0.2, 0.25) is 0 Å². The van der Waals surface area contributed by atoms with E-state index in [0.29, 0.717) is 31.2 Å². The van der Waals surface area contributed by atoms with Crippen molar-refractivity contribution in [2.75, 3.05) is 24.5 Å². The number of hydrogen-bond donors (Lipinski definition) is 0. The second-order valence-electron chi connectivity index (χ2n) is 6.53. The minimum Gasteiger partial charge on any atom is -0.471 e. The van der Waals surface area contributed by atoms with E-state index in [4.69, 9.17) is 4.74 Å². The van der Waals surface area contributed by atoms with Crippen molar-refractivity contribution in [3.63, 3.8) is 0 Å². The number of benzene rings is 1. The number of amides is 2. The summed E-state index contributed by atoms with van der Waals surface area (Å²) in [5, 5.41) is 0. The second-order valence-corrected chi connectivity index (χ2v) is 6.53. The zero-order valence-electron chi connectivity index (χ0n) is 14.0. The average molecular weight is 355 g/mol. The van der Waals surface area contributed by atoms with E-state index < -0.39 is 0 Å². The minimum absolute atomic E-state index is 0.0381. The summed E-state index contributed by atoms with van der Waals surface area (Å²) in [5.74, 6) is -0.334.